The summed E-state index contributed by atoms with van der Waals surface area (Å²) < 4.78 is 6.81. The Morgan fingerprint density at radius 2 is 2.12 bits per heavy atom. The lowest BCUT2D eigenvalue weighted by atomic mass is 10.1. The Balaban J connectivity index is 1.59. The summed E-state index contributed by atoms with van der Waals surface area (Å²) >= 11 is 0. The van der Waals surface area contributed by atoms with Crippen molar-refractivity contribution in [2.45, 2.75) is 25.3 Å². The normalized spacial score (nSPS) is 19.6. The standard InChI is InChI=1S/C17H18N6O3/c1-26-13-6-4-12(5-7-13)23-15-14(21-22-23)9-18-17(20-15)19-11-3-2-10(8-11)16(24)25/h4-7,9-11H,2-3,8H2,1H3,(H,24,25)(H,18,19,20)/t10-,11+/m0/s1. The third-order valence-electron chi connectivity index (χ3n) is 4.62. The summed E-state index contributed by atoms with van der Waals surface area (Å²) in [6.07, 6.45) is 3.64. The lowest BCUT2D eigenvalue weighted by Crippen LogP contribution is -2.19. The van der Waals surface area contributed by atoms with Gasteiger partial charge < -0.3 is 15.2 Å². The van der Waals surface area contributed by atoms with Crippen LogP contribution < -0.4 is 10.1 Å². The number of aliphatic carboxylic acids is 1. The van der Waals surface area contributed by atoms with Crippen LogP contribution in [0.4, 0.5) is 5.95 Å². The smallest absolute Gasteiger partial charge is 0.306 e. The molecule has 2 aromatic heterocycles. The van der Waals surface area contributed by atoms with Gasteiger partial charge in [-0.3, -0.25) is 4.79 Å². The molecule has 4 rings (SSSR count). The fraction of sp³-hybridized carbons (Fsp3) is 0.353. The van der Waals surface area contributed by atoms with Gasteiger partial charge in [-0.15, -0.1) is 5.10 Å². The number of fused-ring (bicyclic) bond motifs is 1. The van der Waals surface area contributed by atoms with Crippen molar-refractivity contribution < 1.29 is 14.6 Å². The Labute approximate surface area is 149 Å². The molecule has 134 valence electrons. The molecule has 0 saturated heterocycles. The van der Waals surface area contributed by atoms with Gasteiger partial charge in [-0.2, -0.15) is 9.67 Å². The molecular weight excluding hydrogens is 336 g/mol. The molecule has 1 fully saturated rings. The number of rotatable bonds is 5. The van der Waals surface area contributed by atoms with Gasteiger partial charge >= 0.3 is 5.97 Å². The van der Waals surface area contributed by atoms with E-state index in [-0.39, 0.29) is 12.0 Å². The van der Waals surface area contributed by atoms with Crippen molar-refractivity contribution in [2.75, 3.05) is 12.4 Å². The van der Waals surface area contributed by atoms with Gasteiger partial charge in [-0.25, -0.2) is 4.98 Å². The van der Waals surface area contributed by atoms with Gasteiger partial charge in [0.2, 0.25) is 5.95 Å². The van der Waals surface area contributed by atoms with E-state index in [1.807, 2.05) is 24.3 Å². The molecule has 9 heteroatoms. The van der Waals surface area contributed by atoms with E-state index in [4.69, 9.17) is 9.84 Å². The number of hydrogen-bond donors (Lipinski definition) is 2. The van der Waals surface area contributed by atoms with E-state index in [0.29, 0.717) is 30.0 Å². The van der Waals surface area contributed by atoms with E-state index in [1.54, 1.807) is 18.0 Å². The summed E-state index contributed by atoms with van der Waals surface area (Å²) in [5.41, 5.74) is 1.98. The maximum atomic E-state index is 11.1. The minimum Gasteiger partial charge on any atom is -0.497 e. The zero-order chi connectivity index (χ0) is 18.1. The molecule has 3 aromatic rings. The summed E-state index contributed by atoms with van der Waals surface area (Å²) in [5.74, 6) is 0.158. The van der Waals surface area contributed by atoms with E-state index >= 15 is 0 Å². The first kappa shape index (κ1) is 16.2. The molecular formula is C17H18N6O3. The molecule has 0 radical (unpaired) electrons. The largest absolute Gasteiger partial charge is 0.497 e. The molecule has 0 aliphatic heterocycles. The molecule has 0 amide bonds. The SMILES string of the molecule is COc1ccc(-n2nnc3cnc(N[C@@H]4CC[C@H](C(=O)O)C4)nc32)cc1. The first-order valence-electron chi connectivity index (χ1n) is 8.36. The number of nitrogens with zero attached hydrogens (tertiary/aromatic N) is 5. The Hall–Kier alpha value is -3.23. The van der Waals surface area contributed by atoms with E-state index < -0.39 is 5.97 Å². The molecule has 1 aromatic carbocycles. The van der Waals surface area contributed by atoms with Crippen molar-refractivity contribution >= 4 is 23.1 Å². The topological polar surface area (TPSA) is 115 Å². The monoisotopic (exact) mass is 354 g/mol. The van der Waals surface area contributed by atoms with Crippen molar-refractivity contribution in [2.24, 2.45) is 5.92 Å². The molecule has 0 bridgehead atoms. The number of carboxylic acids is 1. The van der Waals surface area contributed by atoms with Gasteiger partial charge in [-0.05, 0) is 43.5 Å². The second kappa shape index (κ2) is 6.58. The maximum absolute atomic E-state index is 11.1. The van der Waals surface area contributed by atoms with Crippen LogP contribution in [0.25, 0.3) is 16.9 Å². The first-order valence-corrected chi connectivity index (χ1v) is 8.36. The molecule has 26 heavy (non-hydrogen) atoms. The van der Waals surface area contributed by atoms with E-state index in [2.05, 4.69) is 25.6 Å². The Morgan fingerprint density at radius 1 is 1.31 bits per heavy atom. The second-order valence-corrected chi connectivity index (χ2v) is 6.29. The van der Waals surface area contributed by atoms with Crippen molar-refractivity contribution in [3.8, 4) is 11.4 Å². The van der Waals surface area contributed by atoms with Gasteiger partial charge in [0.05, 0.1) is 24.9 Å². The third kappa shape index (κ3) is 3.03. The summed E-state index contributed by atoms with van der Waals surface area (Å²) in [4.78, 5) is 19.9. The fourth-order valence-electron chi connectivity index (χ4n) is 3.21. The first-order chi connectivity index (χ1) is 12.6. The average molecular weight is 354 g/mol. The van der Waals surface area contributed by atoms with Crippen LogP contribution in [0.5, 0.6) is 5.75 Å². The van der Waals surface area contributed by atoms with Crippen molar-refractivity contribution in [3.63, 3.8) is 0 Å². The van der Waals surface area contributed by atoms with Crippen LogP contribution in [-0.2, 0) is 4.79 Å². The minimum absolute atomic E-state index is 0.0545. The summed E-state index contributed by atoms with van der Waals surface area (Å²) in [6.45, 7) is 0. The highest BCUT2D eigenvalue weighted by atomic mass is 16.5. The number of carboxylic acid groups (broad SMARTS) is 1. The van der Waals surface area contributed by atoms with E-state index in [1.165, 1.54) is 0 Å². The zero-order valence-electron chi connectivity index (χ0n) is 14.2. The van der Waals surface area contributed by atoms with E-state index in [9.17, 15) is 4.79 Å². The number of nitrogens with one attached hydrogen (secondary N) is 1. The van der Waals surface area contributed by atoms with Crippen molar-refractivity contribution in [1.29, 1.82) is 0 Å². The van der Waals surface area contributed by atoms with Crippen molar-refractivity contribution in [1.82, 2.24) is 25.0 Å². The molecule has 1 aliphatic carbocycles. The van der Waals surface area contributed by atoms with Crippen LogP contribution in [0, 0.1) is 5.92 Å². The summed E-state index contributed by atoms with van der Waals surface area (Å²) in [7, 11) is 1.61. The minimum atomic E-state index is -0.743. The summed E-state index contributed by atoms with van der Waals surface area (Å²) in [6, 6.07) is 7.48. The highest BCUT2D eigenvalue weighted by Gasteiger charge is 2.30. The highest BCUT2D eigenvalue weighted by molar-refractivity contribution is 5.72. The summed E-state index contributed by atoms with van der Waals surface area (Å²) in [5, 5.41) is 20.6. The predicted molar refractivity (Wildman–Crippen MR) is 93.4 cm³/mol. The van der Waals surface area contributed by atoms with Crippen LogP contribution in [0.1, 0.15) is 19.3 Å². The van der Waals surface area contributed by atoms with Crippen molar-refractivity contribution in [3.05, 3.63) is 30.5 Å². The average Bonchev–Trinajstić information content (AvgIpc) is 3.29. The Bertz CT molecular complexity index is 939. The molecule has 0 unspecified atom stereocenters. The number of carbonyl (C=O) groups is 1. The predicted octanol–water partition coefficient (Wildman–Crippen LogP) is 1.88. The van der Waals surface area contributed by atoms with Crippen LogP contribution in [0.2, 0.25) is 0 Å². The van der Waals surface area contributed by atoms with Crippen LogP contribution >= 0.6 is 0 Å². The Morgan fingerprint density at radius 3 is 2.81 bits per heavy atom. The maximum Gasteiger partial charge on any atom is 0.306 e. The van der Waals surface area contributed by atoms with Gasteiger partial charge in [0.15, 0.2) is 11.2 Å². The van der Waals surface area contributed by atoms with Crippen LogP contribution in [0.15, 0.2) is 30.5 Å². The lowest BCUT2D eigenvalue weighted by molar-refractivity contribution is -0.141. The van der Waals surface area contributed by atoms with Gasteiger partial charge in [0, 0.05) is 6.04 Å². The van der Waals surface area contributed by atoms with Gasteiger partial charge in [-0.1, -0.05) is 5.21 Å². The number of benzene rings is 1. The van der Waals surface area contributed by atoms with Crippen LogP contribution in [0.3, 0.4) is 0 Å². The molecule has 2 N–H and O–H groups in total. The van der Waals surface area contributed by atoms with Gasteiger partial charge in [0.1, 0.15) is 5.75 Å². The molecule has 9 nitrogen and oxygen atoms in total. The quantitative estimate of drug-likeness (QED) is 0.714. The number of methoxy groups -OCH3 is 1. The number of ether oxygens (including phenoxy) is 1. The molecule has 2 heterocycles. The highest BCUT2D eigenvalue weighted by Crippen LogP contribution is 2.28. The number of hydrogen-bond acceptors (Lipinski definition) is 7. The van der Waals surface area contributed by atoms with E-state index in [0.717, 1.165) is 17.9 Å². The Kier molecular flexibility index (Phi) is 4.11. The molecule has 1 saturated carbocycles. The molecule has 2 atom stereocenters. The lowest BCUT2D eigenvalue weighted by Gasteiger charge is -2.12. The number of anilines is 1. The zero-order valence-corrected chi connectivity index (χ0v) is 14.2. The third-order valence-corrected chi connectivity index (χ3v) is 4.62. The van der Waals surface area contributed by atoms with Crippen LogP contribution in [-0.4, -0.2) is 49.2 Å². The van der Waals surface area contributed by atoms with Gasteiger partial charge in [0.25, 0.3) is 0 Å². The molecule has 1 aliphatic rings. The fourth-order valence-corrected chi connectivity index (χ4v) is 3.21. The number of aromatic nitrogens is 5. The second-order valence-electron chi connectivity index (χ2n) is 6.29. The molecule has 0 spiro atoms.